The maximum Gasteiger partial charge on any atom is 0.238 e. The van der Waals surface area contributed by atoms with Crippen molar-refractivity contribution in [1.82, 2.24) is 10.4 Å². The molecule has 4 nitrogen and oxygen atoms in total. The fourth-order valence-electron chi connectivity index (χ4n) is 1.85. The zero-order valence-corrected chi connectivity index (χ0v) is 8.45. The highest BCUT2D eigenvalue weighted by molar-refractivity contribution is 5.80. The van der Waals surface area contributed by atoms with Crippen LogP contribution in [0.3, 0.4) is 0 Å². The molecule has 78 valence electrons. The molecule has 14 heavy (non-hydrogen) atoms. The Morgan fingerprint density at radius 1 is 1.57 bits per heavy atom. The van der Waals surface area contributed by atoms with Crippen molar-refractivity contribution in [2.45, 2.75) is 38.6 Å². The van der Waals surface area contributed by atoms with E-state index in [4.69, 9.17) is 0 Å². The molecular weight excluding hydrogens is 180 g/mol. The van der Waals surface area contributed by atoms with Crippen LogP contribution in [0.2, 0.25) is 0 Å². The maximum atomic E-state index is 11.5. The molecule has 2 rings (SSSR count). The number of hydrazine groups is 1. The summed E-state index contributed by atoms with van der Waals surface area (Å²) in [4.78, 5) is 22.3. The maximum absolute atomic E-state index is 11.5. The molecule has 0 aromatic heterocycles. The Bertz CT molecular complexity index is 261. The normalized spacial score (nSPS) is 27.1. The standard InChI is InChI=1S/C10H16N2O2/c1-7(13)4-5-12-10(14)6-9(11-12)8-2-3-8/h8-9,11H,2-6H2,1H3. The van der Waals surface area contributed by atoms with Gasteiger partial charge in [-0.2, -0.15) is 0 Å². The molecule has 1 aliphatic carbocycles. The Hall–Kier alpha value is -0.900. The van der Waals surface area contributed by atoms with Gasteiger partial charge in [-0.05, 0) is 25.7 Å². The van der Waals surface area contributed by atoms with Gasteiger partial charge in [-0.15, -0.1) is 0 Å². The third kappa shape index (κ3) is 2.12. The van der Waals surface area contributed by atoms with E-state index in [2.05, 4.69) is 5.43 Å². The van der Waals surface area contributed by atoms with Gasteiger partial charge in [-0.3, -0.25) is 14.6 Å². The van der Waals surface area contributed by atoms with E-state index in [0.717, 1.165) is 0 Å². The summed E-state index contributed by atoms with van der Waals surface area (Å²) in [7, 11) is 0. The van der Waals surface area contributed by atoms with E-state index in [1.807, 2.05) is 0 Å². The van der Waals surface area contributed by atoms with E-state index in [-0.39, 0.29) is 11.7 Å². The summed E-state index contributed by atoms with van der Waals surface area (Å²) in [5.74, 6) is 0.971. The van der Waals surface area contributed by atoms with Crippen LogP contribution in [-0.2, 0) is 9.59 Å². The van der Waals surface area contributed by atoms with Gasteiger partial charge in [-0.25, -0.2) is 5.43 Å². The van der Waals surface area contributed by atoms with Crippen molar-refractivity contribution in [3.63, 3.8) is 0 Å². The average molecular weight is 196 g/mol. The number of nitrogens with one attached hydrogen (secondary N) is 1. The van der Waals surface area contributed by atoms with Crippen molar-refractivity contribution in [2.75, 3.05) is 6.54 Å². The monoisotopic (exact) mass is 196 g/mol. The quantitative estimate of drug-likeness (QED) is 0.711. The summed E-state index contributed by atoms with van der Waals surface area (Å²) in [6, 6.07) is 0.342. The van der Waals surface area contributed by atoms with Gasteiger partial charge in [0, 0.05) is 25.4 Å². The minimum absolute atomic E-state index is 0.134. The molecule has 1 saturated heterocycles. The number of rotatable bonds is 4. The molecule has 4 heteroatoms. The molecule has 0 radical (unpaired) electrons. The number of carbonyl (C=O) groups is 2. The zero-order chi connectivity index (χ0) is 10.1. The van der Waals surface area contributed by atoms with Gasteiger partial charge >= 0.3 is 0 Å². The van der Waals surface area contributed by atoms with Gasteiger partial charge in [0.15, 0.2) is 0 Å². The number of amides is 1. The second kappa shape index (κ2) is 3.69. The lowest BCUT2D eigenvalue weighted by Gasteiger charge is -2.16. The molecule has 1 atom stereocenters. The van der Waals surface area contributed by atoms with Gasteiger partial charge in [0.2, 0.25) is 5.91 Å². The third-order valence-corrected chi connectivity index (χ3v) is 2.90. The second-order valence-corrected chi connectivity index (χ2v) is 4.27. The first-order chi connectivity index (χ1) is 6.66. The number of hydrogen-bond donors (Lipinski definition) is 1. The Morgan fingerprint density at radius 3 is 2.86 bits per heavy atom. The van der Waals surface area contributed by atoms with E-state index in [0.29, 0.717) is 31.3 Å². The highest BCUT2D eigenvalue weighted by atomic mass is 16.2. The van der Waals surface area contributed by atoms with Gasteiger partial charge in [-0.1, -0.05) is 0 Å². The van der Waals surface area contributed by atoms with E-state index in [1.54, 1.807) is 11.9 Å². The van der Waals surface area contributed by atoms with Crippen LogP contribution in [0.4, 0.5) is 0 Å². The highest BCUT2D eigenvalue weighted by Gasteiger charge is 2.39. The predicted molar refractivity (Wildman–Crippen MR) is 51.3 cm³/mol. The first-order valence-corrected chi connectivity index (χ1v) is 5.23. The Labute approximate surface area is 83.6 Å². The summed E-state index contributed by atoms with van der Waals surface area (Å²) >= 11 is 0. The van der Waals surface area contributed by atoms with Crippen LogP contribution in [0.5, 0.6) is 0 Å². The fourth-order valence-corrected chi connectivity index (χ4v) is 1.85. The molecule has 1 unspecified atom stereocenters. The van der Waals surface area contributed by atoms with E-state index in [1.165, 1.54) is 12.8 Å². The molecule has 2 aliphatic rings. The first kappa shape index (κ1) is 9.65. The summed E-state index contributed by atoms with van der Waals surface area (Å²) in [6.07, 6.45) is 3.55. The SMILES string of the molecule is CC(=O)CCN1NC(C2CC2)CC1=O. The minimum Gasteiger partial charge on any atom is -0.300 e. The number of carbonyl (C=O) groups excluding carboxylic acids is 2. The lowest BCUT2D eigenvalue weighted by molar-refractivity contribution is -0.130. The first-order valence-electron chi connectivity index (χ1n) is 5.23. The number of nitrogens with zero attached hydrogens (tertiary/aromatic N) is 1. The van der Waals surface area contributed by atoms with Crippen LogP contribution in [0.1, 0.15) is 32.6 Å². The van der Waals surface area contributed by atoms with Crippen molar-refractivity contribution >= 4 is 11.7 Å². The van der Waals surface area contributed by atoms with Crippen LogP contribution in [0, 0.1) is 5.92 Å². The molecule has 0 spiro atoms. The topological polar surface area (TPSA) is 49.4 Å². The smallest absolute Gasteiger partial charge is 0.238 e. The summed E-state index contributed by atoms with van der Waals surface area (Å²) < 4.78 is 0. The number of hydrogen-bond acceptors (Lipinski definition) is 3. The fraction of sp³-hybridized carbons (Fsp3) is 0.800. The summed E-state index contributed by atoms with van der Waals surface area (Å²) in [5.41, 5.74) is 3.19. The molecule has 2 fully saturated rings. The lowest BCUT2D eigenvalue weighted by atomic mass is 10.1. The van der Waals surface area contributed by atoms with Crippen LogP contribution in [0.15, 0.2) is 0 Å². The van der Waals surface area contributed by atoms with Gasteiger partial charge in [0.1, 0.15) is 5.78 Å². The Morgan fingerprint density at radius 2 is 2.29 bits per heavy atom. The summed E-state index contributed by atoms with van der Waals surface area (Å²) in [5, 5.41) is 1.62. The molecule has 1 saturated carbocycles. The largest absolute Gasteiger partial charge is 0.300 e. The molecule has 1 N–H and O–H groups in total. The van der Waals surface area contributed by atoms with Crippen LogP contribution in [0.25, 0.3) is 0 Å². The molecule has 0 aromatic carbocycles. The van der Waals surface area contributed by atoms with Crippen LogP contribution in [-0.4, -0.2) is 29.3 Å². The molecule has 1 aliphatic heterocycles. The van der Waals surface area contributed by atoms with Gasteiger partial charge in [0.25, 0.3) is 0 Å². The molecule has 0 bridgehead atoms. The van der Waals surface area contributed by atoms with Gasteiger partial charge < -0.3 is 0 Å². The minimum atomic E-state index is 0.134. The molecule has 1 heterocycles. The predicted octanol–water partition coefficient (Wildman–Crippen LogP) is 0.481. The van der Waals surface area contributed by atoms with E-state index >= 15 is 0 Å². The van der Waals surface area contributed by atoms with Crippen molar-refractivity contribution < 1.29 is 9.59 Å². The Balaban J connectivity index is 1.81. The van der Waals surface area contributed by atoms with Crippen LogP contribution >= 0.6 is 0 Å². The lowest BCUT2D eigenvalue weighted by Crippen LogP contribution is -2.39. The van der Waals surface area contributed by atoms with E-state index in [9.17, 15) is 9.59 Å². The summed E-state index contributed by atoms with van der Waals surface area (Å²) in [6.45, 7) is 2.08. The molecule has 0 aromatic rings. The number of ketones is 1. The van der Waals surface area contributed by atoms with Crippen LogP contribution < -0.4 is 5.43 Å². The second-order valence-electron chi connectivity index (χ2n) is 4.27. The number of Topliss-reactive ketones (excluding diaryl/α,β-unsaturated/α-hetero) is 1. The van der Waals surface area contributed by atoms with Gasteiger partial charge in [0.05, 0.1) is 0 Å². The molecule has 1 amide bonds. The van der Waals surface area contributed by atoms with Crippen molar-refractivity contribution in [3.8, 4) is 0 Å². The van der Waals surface area contributed by atoms with E-state index < -0.39 is 0 Å². The highest BCUT2D eigenvalue weighted by Crippen LogP contribution is 2.36. The van der Waals surface area contributed by atoms with Crippen molar-refractivity contribution in [2.24, 2.45) is 5.92 Å². The zero-order valence-electron chi connectivity index (χ0n) is 8.45. The average Bonchev–Trinajstić information content (AvgIpc) is 2.88. The third-order valence-electron chi connectivity index (χ3n) is 2.90. The molecular formula is C10H16N2O2. The van der Waals surface area contributed by atoms with Crippen molar-refractivity contribution in [3.05, 3.63) is 0 Å². The Kier molecular flexibility index (Phi) is 2.54. The van der Waals surface area contributed by atoms with Crippen molar-refractivity contribution in [1.29, 1.82) is 0 Å².